The average Bonchev–Trinajstić information content (AvgIpc) is 2.94. The standard InChI is InChI=1S/C11H15N3O5S/c1-19-10(16)8-9(20-6-12-8)13-2-3-14(11(17)18)7(4-13)5-15/h6-7,15H,2-5H2,1H3,(H,17,18)/t7-/m0/s1. The summed E-state index contributed by atoms with van der Waals surface area (Å²) in [4.78, 5) is 29.7. The second-order valence-electron chi connectivity index (χ2n) is 4.26. The fraction of sp³-hybridized carbons (Fsp3) is 0.545. The van der Waals surface area contributed by atoms with Crippen LogP contribution >= 0.6 is 11.3 Å². The second kappa shape index (κ2) is 6.06. The number of nitrogens with zero attached hydrogens (tertiary/aromatic N) is 3. The molecule has 2 rings (SSSR count). The predicted octanol–water partition coefficient (Wildman–Crippen LogP) is 0.0906. The van der Waals surface area contributed by atoms with Gasteiger partial charge in [-0.25, -0.2) is 14.6 Å². The van der Waals surface area contributed by atoms with E-state index in [1.165, 1.54) is 23.3 Å². The maximum Gasteiger partial charge on any atom is 0.407 e. The summed E-state index contributed by atoms with van der Waals surface area (Å²) in [6.45, 7) is 0.748. The molecular formula is C11H15N3O5S. The smallest absolute Gasteiger partial charge is 0.407 e. The number of methoxy groups -OCH3 is 1. The molecule has 2 N–H and O–H groups in total. The number of hydrogen-bond donors (Lipinski definition) is 2. The van der Waals surface area contributed by atoms with Crippen molar-refractivity contribution in [2.75, 3.05) is 38.3 Å². The first kappa shape index (κ1) is 14.5. The molecule has 1 fully saturated rings. The quantitative estimate of drug-likeness (QED) is 0.763. The van der Waals surface area contributed by atoms with Gasteiger partial charge in [-0.1, -0.05) is 0 Å². The van der Waals surface area contributed by atoms with Crippen LogP contribution in [0.4, 0.5) is 9.80 Å². The number of thiazole rings is 1. The number of aliphatic hydroxyl groups is 1. The largest absolute Gasteiger partial charge is 0.465 e. The van der Waals surface area contributed by atoms with Gasteiger partial charge in [0, 0.05) is 19.6 Å². The van der Waals surface area contributed by atoms with E-state index in [0.29, 0.717) is 18.1 Å². The number of hydrogen-bond acceptors (Lipinski definition) is 7. The van der Waals surface area contributed by atoms with E-state index < -0.39 is 18.1 Å². The summed E-state index contributed by atoms with van der Waals surface area (Å²) in [5, 5.41) is 19.0. The molecule has 2 heterocycles. The van der Waals surface area contributed by atoms with Gasteiger partial charge in [0.25, 0.3) is 0 Å². The lowest BCUT2D eigenvalue weighted by Crippen LogP contribution is -2.56. The van der Waals surface area contributed by atoms with E-state index in [1.807, 2.05) is 4.90 Å². The molecule has 0 aliphatic carbocycles. The minimum Gasteiger partial charge on any atom is -0.465 e. The van der Waals surface area contributed by atoms with Crippen LogP contribution in [0.25, 0.3) is 0 Å². The van der Waals surface area contributed by atoms with E-state index in [2.05, 4.69) is 9.72 Å². The van der Waals surface area contributed by atoms with Gasteiger partial charge in [-0.3, -0.25) is 4.90 Å². The molecule has 0 radical (unpaired) electrons. The highest BCUT2D eigenvalue weighted by Crippen LogP contribution is 2.28. The third kappa shape index (κ3) is 2.68. The van der Waals surface area contributed by atoms with Gasteiger partial charge in [-0.05, 0) is 0 Å². The minimum atomic E-state index is -1.05. The number of aromatic nitrogens is 1. The van der Waals surface area contributed by atoms with Crippen molar-refractivity contribution in [1.82, 2.24) is 9.88 Å². The Balaban J connectivity index is 2.18. The van der Waals surface area contributed by atoms with Crippen LogP contribution in [-0.4, -0.2) is 71.6 Å². The van der Waals surface area contributed by atoms with E-state index in [1.54, 1.807) is 5.51 Å². The van der Waals surface area contributed by atoms with Gasteiger partial charge in [-0.2, -0.15) is 0 Å². The van der Waals surface area contributed by atoms with Crippen molar-refractivity contribution >= 4 is 28.4 Å². The van der Waals surface area contributed by atoms with Gasteiger partial charge in [-0.15, -0.1) is 11.3 Å². The Morgan fingerprint density at radius 3 is 2.90 bits per heavy atom. The summed E-state index contributed by atoms with van der Waals surface area (Å²) < 4.78 is 4.66. The van der Waals surface area contributed by atoms with Crippen molar-refractivity contribution in [3.8, 4) is 0 Å². The Hall–Kier alpha value is -1.87. The molecule has 1 aliphatic heterocycles. The molecule has 0 bridgehead atoms. The molecule has 1 aromatic rings. The number of amides is 1. The zero-order valence-electron chi connectivity index (χ0n) is 10.9. The van der Waals surface area contributed by atoms with E-state index in [-0.39, 0.29) is 18.8 Å². The summed E-state index contributed by atoms with van der Waals surface area (Å²) in [5.41, 5.74) is 1.76. The molecule has 0 aromatic carbocycles. The molecule has 20 heavy (non-hydrogen) atoms. The lowest BCUT2D eigenvalue weighted by atomic mass is 10.2. The van der Waals surface area contributed by atoms with Gasteiger partial charge in [0.15, 0.2) is 5.69 Å². The van der Waals surface area contributed by atoms with Crippen molar-refractivity contribution in [3.63, 3.8) is 0 Å². The fourth-order valence-corrected chi connectivity index (χ4v) is 2.97. The monoisotopic (exact) mass is 301 g/mol. The van der Waals surface area contributed by atoms with Crippen LogP contribution in [0.3, 0.4) is 0 Å². The number of carbonyl (C=O) groups excluding carboxylic acids is 1. The van der Waals surface area contributed by atoms with Crippen LogP contribution in [-0.2, 0) is 4.74 Å². The molecule has 110 valence electrons. The average molecular weight is 301 g/mol. The summed E-state index contributed by atoms with van der Waals surface area (Å²) in [6, 6.07) is -0.520. The van der Waals surface area contributed by atoms with Gasteiger partial charge >= 0.3 is 12.1 Å². The molecule has 1 atom stereocenters. The van der Waals surface area contributed by atoms with Gasteiger partial charge in [0.05, 0.1) is 25.3 Å². The molecule has 0 unspecified atom stereocenters. The van der Waals surface area contributed by atoms with Crippen LogP contribution in [0, 0.1) is 0 Å². The van der Waals surface area contributed by atoms with E-state index in [9.17, 15) is 14.7 Å². The summed E-state index contributed by atoms with van der Waals surface area (Å²) in [5.74, 6) is -0.525. The molecule has 0 spiro atoms. The van der Waals surface area contributed by atoms with Crippen molar-refractivity contribution in [3.05, 3.63) is 11.2 Å². The van der Waals surface area contributed by atoms with Gasteiger partial charge in [0.2, 0.25) is 0 Å². The maximum absolute atomic E-state index is 11.6. The molecule has 1 amide bonds. The molecule has 8 nitrogen and oxygen atoms in total. The van der Waals surface area contributed by atoms with E-state index in [0.717, 1.165) is 0 Å². The number of aliphatic hydroxyl groups excluding tert-OH is 1. The number of rotatable bonds is 3. The molecule has 1 aliphatic rings. The third-order valence-electron chi connectivity index (χ3n) is 3.15. The summed E-state index contributed by atoms with van der Waals surface area (Å²) in [7, 11) is 1.28. The molecule has 1 saturated heterocycles. The SMILES string of the molecule is COC(=O)c1ncsc1N1CCN(C(=O)O)[C@H](CO)C1. The summed E-state index contributed by atoms with van der Waals surface area (Å²) >= 11 is 1.29. The first-order chi connectivity index (χ1) is 9.58. The van der Waals surface area contributed by atoms with Crippen LogP contribution in [0.15, 0.2) is 5.51 Å². The number of ether oxygens (including phenoxy) is 1. The first-order valence-corrected chi connectivity index (χ1v) is 6.83. The Morgan fingerprint density at radius 1 is 1.55 bits per heavy atom. The zero-order chi connectivity index (χ0) is 14.7. The lowest BCUT2D eigenvalue weighted by Gasteiger charge is -2.39. The predicted molar refractivity (Wildman–Crippen MR) is 71.3 cm³/mol. The Labute approximate surface area is 119 Å². The zero-order valence-corrected chi connectivity index (χ0v) is 11.7. The number of carbonyl (C=O) groups is 2. The van der Waals surface area contributed by atoms with Crippen LogP contribution in [0.5, 0.6) is 0 Å². The molecule has 0 saturated carbocycles. The Morgan fingerprint density at radius 2 is 2.30 bits per heavy atom. The molecule has 1 aromatic heterocycles. The fourth-order valence-electron chi connectivity index (χ4n) is 2.15. The number of esters is 1. The van der Waals surface area contributed by atoms with Gasteiger partial charge < -0.3 is 19.8 Å². The summed E-state index contributed by atoms with van der Waals surface area (Å²) in [6.07, 6.45) is -1.05. The highest BCUT2D eigenvalue weighted by atomic mass is 32.1. The highest BCUT2D eigenvalue weighted by Gasteiger charge is 2.32. The van der Waals surface area contributed by atoms with Crippen LogP contribution < -0.4 is 4.90 Å². The first-order valence-electron chi connectivity index (χ1n) is 5.95. The minimum absolute atomic E-state index is 0.220. The lowest BCUT2D eigenvalue weighted by molar-refractivity contribution is 0.0594. The number of piperazine rings is 1. The normalized spacial score (nSPS) is 19.0. The Kier molecular flexibility index (Phi) is 4.40. The molecular weight excluding hydrogens is 286 g/mol. The molecule has 9 heteroatoms. The van der Waals surface area contributed by atoms with Crippen molar-refractivity contribution in [1.29, 1.82) is 0 Å². The topological polar surface area (TPSA) is 103 Å². The van der Waals surface area contributed by atoms with Gasteiger partial charge in [0.1, 0.15) is 5.00 Å². The number of carboxylic acid groups (broad SMARTS) is 1. The highest BCUT2D eigenvalue weighted by molar-refractivity contribution is 7.14. The van der Waals surface area contributed by atoms with Crippen LogP contribution in [0.2, 0.25) is 0 Å². The second-order valence-corrected chi connectivity index (χ2v) is 5.09. The van der Waals surface area contributed by atoms with E-state index in [4.69, 9.17) is 5.11 Å². The van der Waals surface area contributed by atoms with Crippen molar-refractivity contribution in [2.24, 2.45) is 0 Å². The van der Waals surface area contributed by atoms with Crippen molar-refractivity contribution < 1.29 is 24.5 Å². The Bertz CT molecular complexity index is 506. The third-order valence-corrected chi connectivity index (χ3v) is 4.04. The van der Waals surface area contributed by atoms with Crippen LogP contribution in [0.1, 0.15) is 10.5 Å². The van der Waals surface area contributed by atoms with E-state index >= 15 is 0 Å². The maximum atomic E-state index is 11.6. The van der Waals surface area contributed by atoms with Crippen molar-refractivity contribution in [2.45, 2.75) is 6.04 Å². The number of anilines is 1.